The zero-order chi connectivity index (χ0) is 14.3. The molecule has 0 unspecified atom stereocenters. The van der Waals surface area contributed by atoms with Gasteiger partial charge in [-0.2, -0.15) is 5.10 Å². The first-order valence-electron chi connectivity index (χ1n) is 6.37. The topological polar surface area (TPSA) is 89.9 Å². The van der Waals surface area contributed by atoms with Crippen LogP contribution in [0.25, 0.3) is 5.95 Å². The summed E-state index contributed by atoms with van der Waals surface area (Å²) >= 11 is 0. The molecule has 0 saturated heterocycles. The standard InChI is InChI=1S/C13H14N4O3/c1-7-9(12(19)20-2)6-14-17(7)13-15-10-5-3-4-8(10)11(18)16-13/h6H,3-5H2,1-2H3,(H,15,16,18). The molecular formula is C13H14N4O3. The predicted octanol–water partition coefficient (Wildman–Crippen LogP) is 0.539. The third-order valence-corrected chi connectivity index (χ3v) is 3.54. The second kappa shape index (κ2) is 4.59. The maximum atomic E-state index is 12.0. The van der Waals surface area contributed by atoms with Crippen molar-refractivity contribution in [1.29, 1.82) is 0 Å². The van der Waals surface area contributed by atoms with Crippen molar-refractivity contribution >= 4 is 5.97 Å². The van der Waals surface area contributed by atoms with Gasteiger partial charge in [0.15, 0.2) is 0 Å². The van der Waals surface area contributed by atoms with Crippen LogP contribution in [-0.4, -0.2) is 32.8 Å². The zero-order valence-corrected chi connectivity index (χ0v) is 11.3. The fourth-order valence-electron chi connectivity index (χ4n) is 2.46. The summed E-state index contributed by atoms with van der Waals surface area (Å²) in [4.78, 5) is 30.7. The Bertz CT molecular complexity index is 745. The summed E-state index contributed by atoms with van der Waals surface area (Å²) in [6.45, 7) is 1.73. The van der Waals surface area contributed by atoms with Crippen LogP contribution >= 0.6 is 0 Å². The fourth-order valence-corrected chi connectivity index (χ4v) is 2.46. The summed E-state index contributed by atoms with van der Waals surface area (Å²) in [7, 11) is 1.31. The lowest BCUT2D eigenvalue weighted by atomic mass is 10.2. The van der Waals surface area contributed by atoms with E-state index in [1.54, 1.807) is 6.92 Å². The SMILES string of the molecule is COC(=O)c1cnn(-c2nc3c(c(=O)[nH]2)CCC3)c1C. The summed E-state index contributed by atoms with van der Waals surface area (Å²) in [5.41, 5.74) is 2.38. The summed E-state index contributed by atoms with van der Waals surface area (Å²) in [6, 6.07) is 0. The molecule has 2 aromatic rings. The average Bonchev–Trinajstić information content (AvgIpc) is 3.04. The van der Waals surface area contributed by atoms with E-state index in [0.29, 0.717) is 17.2 Å². The Kier molecular flexibility index (Phi) is 2.89. The number of carbonyl (C=O) groups is 1. The van der Waals surface area contributed by atoms with Crippen molar-refractivity contribution in [2.75, 3.05) is 7.11 Å². The molecule has 0 amide bonds. The van der Waals surface area contributed by atoms with E-state index in [1.807, 2.05) is 0 Å². The largest absolute Gasteiger partial charge is 0.465 e. The number of H-pyrrole nitrogens is 1. The monoisotopic (exact) mass is 274 g/mol. The Hall–Kier alpha value is -2.44. The van der Waals surface area contributed by atoms with Crippen molar-refractivity contribution in [3.8, 4) is 5.95 Å². The molecule has 20 heavy (non-hydrogen) atoms. The summed E-state index contributed by atoms with van der Waals surface area (Å²) in [5, 5.41) is 4.10. The van der Waals surface area contributed by atoms with Gasteiger partial charge in [0.1, 0.15) is 5.56 Å². The van der Waals surface area contributed by atoms with Crippen LogP contribution in [0.3, 0.4) is 0 Å². The highest BCUT2D eigenvalue weighted by atomic mass is 16.5. The summed E-state index contributed by atoms with van der Waals surface area (Å²) < 4.78 is 6.13. The molecule has 0 atom stereocenters. The van der Waals surface area contributed by atoms with Crippen LogP contribution in [0.5, 0.6) is 0 Å². The summed E-state index contributed by atoms with van der Waals surface area (Å²) in [6.07, 6.45) is 3.93. The number of esters is 1. The van der Waals surface area contributed by atoms with Gasteiger partial charge < -0.3 is 4.74 Å². The molecule has 2 aromatic heterocycles. The van der Waals surface area contributed by atoms with Gasteiger partial charge in [0, 0.05) is 5.56 Å². The molecule has 0 aromatic carbocycles. The number of aromatic nitrogens is 4. The van der Waals surface area contributed by atoms with Crippen LogP contribution in [0.1, 0.15) is 33.7 Å². The van der Waals surface area contributed by atoms with E-state index in [4.69, 9.17) is 0 Å². The highest BCUT2D eigenvalue weighted by Crippen LogP contribution is 2.18. The van der Waals surface area contributed by atoms with Crippen LogP contribution in [0, 0.1) is 6.92 Å². The van der Waals surface area contributed by atoms with Gasteiger partial charge in [0.2, 0.25) is 5.95 Å². The highest BCUT2D eigenvalue weighted by Gasteiger charge is 2.20. The van der Waals surface area contributed by atoms with E-state index in [-0.39, 0.29) is 5.56 Å². The van der Waals surface area contributed by atoms with Gasteiger partial charge in [0.25, 0.3) is 5.56 Å². The lowest BCUT2D eigenvalue weighted by Crippen LogP contribution is -2.19. The number of nitrogens with one attached hydrogen (secondary N) is 1. The zero-order valence-electron chi connectivity index (χ0n) is 11.3. The number of ether oxygens (including phenoxy) is 1. The molecule has 0 spiro atoms. The Morgan fingerprint density at radius 1 is 1.45 bits per heavy atom. The Morgan fingerprint density at radius 2 is 2.25 bits per heavy atom. The van der Waals surface area contributed by atoms with Gasteiger partial charge in [-0.05, 0) is 26.2 Å². The van der Waals surface area contributed by atoms with Gasteiger partial charge in [-0.25, -0.2) is 14.5 Å². The molecule has 1 N–H and O–H groups in total. The first kappa shape index (κ1) is 12.6. The van der Waals surface area contributed by atoms with E-state index in [2.05, 4.69) is 19.8 Å². The van der Waals surface area contributed by atoms with Crippen molar-refractivity contribution in [2.24, 2.45) is 0 Å². The van der Waals surface area contributed by atoms with Crippen molar-refractivity contribution in [1.82, 2.24) is 19.7 Å². The molecule has 0 saturated carbocycles. The van der Waals surface area contributed by atoms with Gasteiger partial charge in [0.05, 0.1) is 24.7 Å². The quantitative estimate of drug-likeness (QED) is 0.807. The molecule has 0 fully saturated rings. The number of hydrogen-bond donors (Lipinski definition) is 1. The number of hydrogen-bond acceptors (Lipinski definition) is 5. The molecule has 1 aliphatic rings. The minimum Gasteiger partial charge on any atom is -0.465 e. The molecule has 7 nitrogen and oxygen atoms in total. The average molecular weight is 274 g/mol. The third kappa shape index (κ3) is 1.82. The number of aromatic amines is 1. The van der Waals surface area contributed by atoms with E-state index >= 15 is 0 Å². The molecule has 0 bridgehead atoms. The maximum absolute atomic E-state index is 12.0. The third-order valence-electron chi connectivity index (χ3n) is 3.54. The number of carbonyl (C=O) groups excluding carboxylic acids is 1. The molecule has 1 aliphatic carbocycles. The minimum atomic E-state index is -0.461. The molecule has 104 valence electrons. The second-order valence-corrected chi connectivity index (χ2v) is 4.72. The van der Waals surface area contributed by atoms with Crippen LogP contribution in [0.4, 0.5) is 0 Å². The number of aryl methyl sites for hydroxylation is 1. The first-order chi connectivity index (χ1) is 9.61. The van der Waals surface area contributed by atoms with Crippen LogP contribution in [-0.2, 0) is 17.6 Å². The Balaban J connectivity index is 2.11. The number of rotatable bonds is 2. The van der Waals surface area contributed by atoms with E-state index in [9.17, 15) is 9.59 Å². The first-order valence-corrected chi connectivity index (χ1v) is 6.37. The van der Waals surface area contributed by atoms with Gasteiger partial charge >= 0.3 is 5.97 Å². The lowest BCUT2D eigenvalue weighted by molar-refractivity contribution is 0.0600. The molecule has 0 radical (unpaired) electrons. The van der Waals surface area contributed by atoms with Gasteiger partial charge in [-0.15, -0.1) is 0 Å². The van der Waals surface area contributed by atoms with E-state index in [1.165, 1.54) is 18.0 Å². The smallest absolute Gasteiger partial charge is 0.341 e. The van der Waals surface area contributed by atoms with Crippen molar-refractivity contribution in [3.05, 3.63) is 39.1 Å². The Labute approximate surface area is 114 Å². The normalized spacial score (nSPS) is 13.3. The number of nitrogens with zero attached hydrogens (tertiary/aromatic N) is 3. The van der Waals surface area contributed by atoms with Gasteiger partial charge in [-0.3, -0.25) is 9.78 Å². The molecule has 2 heterocycles. The number of fused-ring (bicyclic) bond motifs is 1. The van der Waals surface area contributed by atoms with Crippen LogP contribution < -0.4 is 5.56 Å². The van der Waals surface area contributed by atoms with E-state index in [0.717, 1.165) is 30.5 Å². The fraction of sp³-hybridized carbons (Fsp3) is 0.385. The molecular weight excluding hydrogens is 260 g/mol. The van der Waals surface area contributed by atoms with Crippen LogP contribution in [0.15, 0.2) is 11.0 Å². The van der Waals surface area contributed by atoms with E-state index < -0.39 is 5.97 Å². The maximum Gasteiger partial charge on any atom is 0.341 e. The van der Waals surface area contributed by atoms with Crippen LogP contribution in [0.2, 0.25) is 0 Å². The molecule has 3 rings (SSSR count). The summed E-state index contributed by atoms with van der Waals surface area (Å²) in [5.74, 6) is -0.124. The minimum absolute atomic E-state index is 0.128. The second-order valence-electron chi connectivity index (χ2n) is 4.72. The van der Waals surface area contributed by atoms with Crippen molar-refractivity contribution in [3.63, 3.8) is 0 Å². The number of methoxy groups -OCH3 is 1. The van der Waals surface area contributed by atoms with Crippen molar-refractivity contribution in [2.45, 2.75) is 26.2 Å². The highest BCUT2D eigenvalue weighted by molar-refractivity contribution is 5.90. The van der Waals surface area contributed by atoms with Gasteiger partial charge in [-0.1, -0.05) is 0 Å². The lowest BCUT2D eigenvalue weighted by Gasteiger charge is -2.06. The molecule has 7 heteroatoms. The predicted molar refractivity (Wildman–Crippen MR) is 70.1 cm³/mol. The van der Waals surface area contributed by atoms with Crippen molar-refractivity contribution < 1.29 is 9.53 Å². The Morgan fingerprint density at radius 3 is 3.00 bits per heavy atom. The molecule has 0 aliphatic heterocycles.